The van der Waals surface area contributed by atoms with Gasteiger partial charge in [-0.2, -0.15) is 12.6 Å². The van der Waals surface area contributed by atoms with Gasteiger partial charge in [0, 0.05) is 0 Å². The summed E-state index contributed by atoms with van der Waals surface area (Å²) in [5.74, 6) is 1.48. The molecule has 0 spiro atoms. The molecule has 0 heterocycles. The van der Waals surface area contributed by atoms with Crippen molar-refractivity contribution >= 4 is 28.6 Å². The van der Waals surface area contributed by atoms with Gasteiger partial charge in [0.2, 0.25) is 0 Å². The highest BCUT2D eigenvalue weighted by Crippen LogP contribution is 2.20. The van der Waals surface area contributed by atoms with Gasteiger partial charge in [-0.1, -0.05) is 52.8 Å². The third-order valence-electron chi connectivity index (χ3n) is 2.14. The monoisotopic (exact) mass is 270 g/mol. The van der Waals surface area contributed by atoms with Gasteiger partial charge >= 0.3 is 0 Å². The second kappa shape index (κ2) is 6.31. The van der Waals surface area contributed by atoms with Crippen LogP contribution in [0, 0.1) is 5.92 Å². The minimum absolute atomic E-state index is 0.576. The Hall–Kier alpha value is -0.210. The summed E-state index contributed by atoms with van der Waals surface area (Å²) in [5.41, 5.74) is 1.38. The van der Waals surface area contributed by atoms with Crippen LogP contribution in [0.15, 0.2) is 41.4 Å². The van der Waals surface area contributed by atoms with E-state index in [4.69, 9.17) is 0 Å². The molecule has 14 heavy (non-hydrogen) atoms. The van der Waals surface area contributed by atoms with Crippen LogP contribution in [0.2, 0.25) is 0 Å². The summed E-state index contributed by atoms with van der Waals surface area (Å²) in [6.07, 6.45) is 2.08. The van der Waals surface area contributed by atoms with Crippen LogP contribution in [0.4, 0.5) is 0 Å². The predicted molar refractivity (Wildman–Crippen MR) is 70.2 cm³/mol. The van der Waals surface area contributed by atoms with E-state index in [1.807, 2.05) is 6.07 Å². The first kappa shape index (κ1) is 11.9. The van der Waals surface area contributed by atoms with Crippen molar-refractivity contribution in [3.05, 3.63) is 47.0 Å². The van der Waals surface area contributed by atoms with E-state index in [2.05, 4.69) is 59.4 Å². The Bertz CT molecular complexity index is 282. The molecule has 0 bridgehead atoms. The molecule has 1 unspecified atom stereocenters. The number of rotatable bonds is 5. The first-order valence-electron chi connectivity index (χ1n) is 4.70. The molecule has 1 atom stereocenters. The summed E-state index contributed by atoms with van der Waals surface area (Å²) in [7, 11) is 0. The van der Waals surface area contributed by atoms with Gasteiger partial charge in [0.05, 0.1) is 0 Å². The van der Waals surface area contributed by atoms with Crippen LogP contribution >= 0.6 is 28.6 Å². The number of hydrogen-bond acceptors (Lipinski definition) is 1. The molecule has 0 aromatic heterocycles. The van der Waals surface area contributed by atoms with Crippen LogP contribution in [-0.2, 0) is 6.42 Å². The summed E-state index contributed by atoms with van der Waals surface area (Å²) in [4.78, 5) is 0. The SMILES string of the molecule is C=C(Br)CC(CS)Cc1ccccc1. The largest absolute Gasteiger partial charge is 0.179 e. The highest BCUT2D eigenvalue weighted by molar-refractivity contribution is 9.11. The van der Waals surface area contributed by atoms with Crippen molar-refractivity contribution in [1.29, 1.82) is 0 Å². The molecule has 0 N–H and O–H groups in total. The van der Waals surface area contributed by atoms with Gasteiger partial charge in [-0.15, -0.1) is 0 Å². The first-order valence-corrected chi connectivity index (χ1v) is 6.13. The molecule has 0 amide bonds. The lowest BCUT2D eigenvalue weighted by Crippen LogP contribution is -2.06. The smallest absolute Gasteiger partial charge is 0.00630 e. The van der Waals surface area contributed by atoms with Crippen molar-refractivity contribution < 1.29 is 0 Å². The lowest BCUT2D eigenvalue weighted by Gasteiger charge is -2.13. The number of benzene rings is 1. The predicted octanol–water partition coefficient (Wildman–Crippen LogP) is 4.07. The van der Waals surface area contributed by atoms with Crippen molar-refractivity contribution in [3.63, 3.8) is 0 Å². The quantitative estimate of drug-likeness (QED) is 0.767. The Labute approximate surface area is 100.0 Å². The van der Waals surface area contributed by atoms with E-state index in [0.29, 0.717) is 5.92 Å². The lowest BCUT2D eigenvalue weighted by molar-refractivity contribution is 0.599. The topological polar surface area (TPSA) is 0 Å². The van der Waals surface area contributed by atoms with Gasteiger partial charge in [-0.05, 0) is 34.6 Å². The van der Waals surface area contributed by atoms with Gasteiger partial charge in [0.1, 0.15) is 0 Å². The molecular weight excluding hydrogens is 256 g/mol. The first-order chi connectivity index (χ1) is 6.72. The van der Waals surface area contributed by atoms with Gasteiger partial charge in [-0.3, -0.25) is 0 Å². The standard InChI is InChI=1S/C12H15BrS/c1-10(13)7-12(9-14)8-11-5-3-2-4-6-11/h2-6,12,14H,1,7-9H2. The minimum Gasteiger partial charge on any atom is -0.179 e. The van der Waals surface area contributed by atoms with E-state index >= 15 is 0 Å². The molecule has 0 aliphatic rings. The van der Waals surface area contributed by atoms with E-state index in [1.165, 1.54) is 5.56 Å². The maximum atomic E-state index is 4.36. The maximum Gasteiger partial charge on any atom is -0.00630 e. The molecule has 0 radical (unpaired) electrons. The fourth-order valence-electron chi connectivity index (χ4n) is 1.46. The molecule has 0 saturated carbocycles. The van der Waals surface area contributed by atoms with E-state index in [0.717, 1.165) is 23.1 Å². The Morgan fingerprint density at radius 2 is 2.00 bits per heavy atom. The Balaban J connectivity index is 2.53. The van der Waals surface area contributed by atoms with Crippen molar-refractivity contribution in [2.45, 2.75) is 12.8 Å². The number of allylic oxidation sites excluding steroid dienone is 1. The van der Waals surface area contributed by atoms with Crippen LogP contribution in [0.1, 0.15) is 12.0 Å². The molecule has 0 nitrogen and oxygen atoms in total. The molecular formula is C12H15BrS. The third-order valence-corrected chi connectivity index (χ3v) is 2.98. The molecule has 76 valence electrons. The van der Waals surface area contributed by atoms with E-state index in [1.54, 1.807) is 0 Å². The molecule has 0 fully saturated rings. The average molecular weight is 271 g/mol. The second-order valence-electron chi connectivity index (χ2n) is 3.46. The van der Waals surface area contributed by atoms with Crippen LogP contribution in [0.25, 0.3) is 0 Å². The number of halogens is 1. The summed E-state index contributed by atoms with van der Waals surface area (Å²) in [6, 6.07) is 10.5. The average Bonchev–Trinajstić information content (AvgIpc) is 2.17. The Morgan fingerprint density at radius 1 is 1.36 bits per heavy atom. The summed E-state index contributed by atoms with van der Waals surface area (Å²) >= 11 is 7.76. The zero-order valence-electron chi connectivity index (χ0n) is 8.12. The van der Waals surface area contributed by atoms with E-state index < -0.39 is 0 Å². The Morgan fingerprint density at radius 3 is 2.50 bits per heavy atom. The van der Waals surface area contributed by atoms with Crippen LogP contribution in [0.5, 0.6) is 0 Å². The summed E-state index contributed by atoms with van der Waals surface area (Å²) in [6.45, 7) is 3.87. The zero-order chi connectivity index (χ0) is 10.4. The van der Waals surface area contributed by atoms with Crippen molar-refractivity contribution in [2.24, 2.45) is 5.92 Å². The number of hydrogen-bond donors (Lipinski definition) is 1. The molecule has 0 saturated heterocycles. The van der Waals surface area contributed by atoms with Gasteiger partial charge in [-0.25, -0.2) is 0 Å². The molecule has 0 aliphatic carbocycles. The zero-order valence-corrected chi connectivity index (χ0v) is 10.6. The van der Waals surface area contributed by atoms with Crippen LogP contribution < -0.4 is 0 Å². The van der Waals surface area contributed by atoms with Crippen molar-refractivity contribution in [3.8, 4) is 0 Å². The van der Waals surface area contributed by atoms with Crippen LogP contribution in [0.3, 0.4) is 0 Å². The van der Waals surface area contributed by atoms with E-state index in [9.17, 15) is 0 Å². The normalized spacial score (nSPS) is 12.4. The highest BCUT2D eigenvalue weighted by atomic mass is 79.9. The van der Waals surface area contributed by atoms with Crippen molar-refractivity contribution in [1.82, 2.24) is 0 Å². The summed E-state index contributed by atoms with van der Waals surface area (Å²) in [5, 5.41) is 0. The van der Waals surface area contributed by atoms with Crippen LogP contribution in [-0.4, -0.2) is 5.75 Å². The molecule has 1 rings (SSSR count). The van der Waals surface area contributed by atoms with Crippen molar-refractivity contribution in [2.75, 3.05) is 5.75 Å². The summed E-state index contributed by atoms with van der Waals surface area (Å²) < 4.78 is 1.06. The molecule has 0 aliphatic heterocycles. The molecule has 1 aromatic carbocycles. The van der Waals surface area contributed by atoms with Gasteiger partial charge in [0.25, 0.3) is 0 Å². The maximum absolute atomic E-state index is 4.36. The minimum atomic E-state index is 0.576. The molecule has 1 aromatic rings. The van der Waals surface area contributed by atoms with Gasteiger partial charge in [0.15, 0.2) is 0 Å². The van der Waals surface area contributed by atoms with E-state index in [-0.39, 0.29) is 0 Å². The lowest BCUT2D eigenvalue weighted by atomic mass is 9.98. The third kappa shape index (κ3) is 4.34. The van der Waals surface area contributed by atoms with Gasteiger partial charge < -0.3 is 0 Å². The fourth-order valence-corrected chi connectivity index (χ4v) is 2.18. The number of thiol groups is 1. The Kier molecular flexibility index (Phi) is 5.34. The fraction of sp³-hybridized carbons (Fsp3) is 0.333. The molecule has 2 heteroatoms. The highest BCUT2D eigenvalue weighted by Gasteiger charge is 2.08. The second-order valence-corrected chi connectivity index (χ2v) is 4.95.